The van der Waals surface area contributed by atoms with Gasteiger partial charge in [0.15, 0.2) is 30.2 Å². The Balaban J connectivity index is 0.000000219. The van der Waals surface area contributed by atoms with Gasteiger partial charge in [0.1, 0.15) is 23.0 Å². The molecule has 0 spiro atoms. The molecule has 6 heterocycles. The van der Waals surface area contributed by atoms with Gasteiger partial charge in [-0.3, -0.25) is 9.97 Å². The highest BCUT2D eigenvalue weighted by Gasteiger charge is 2.42. The van der Waals surface area contributed by atoms with Crippen LogP contribution >= 0.6 is 11.6 Å². The SMILES string of the molecule is COc1nc2ccc(C(O)(c3ccc(C(F)(F)F)nc3)c3cncn3C)cc2c(C#N)c1OCC(F)(F)F.COc1nc2ccc(C(O)(c3ccc(C(F)(F)F)nc3)c3cncn3C)cc2c(Cl)c1OCC(F)(F)F. The summed E-state index contributed by atoms with van der Waals surface area (Å²) in [5.74, 6) is -1.67. The molecule has 0 fully saturated rings. The van der Waals surface area contributed by atoms with E-state index in [-0.39, 0.29) is 77.8 Å². The van der Waals surface area contributed by atoms with Crippen LogP contribution in [-0.2, 0) is 37.7 Å². The molecule has 8 rings (SSSR count). The average molecular weight is 1080 g/mol. The zero-order valence-corrected chi connectivity index (χ0v) is 39.4. The van der Waals surface area contributed by atoms with Crippen molar-refractivity contribution in [3.05, 3.63) is 154 Å². The van der Waals surface area contributed by atoms with Gasteiger partial charge in [-0.15, -0.1) is 0 Å². The lowest BCUT2D eigenvalue weighted by Crippen LogP contribution is -2.31. The van der Waals surface area contributed by atoms with Gasteiger partial charge in [-0.25, -0.2) is 19.9 Å². The van der Waals surface area contributed by atoms with E-state index in [0.29, 0.717) is 6.07 Å². The number of nitriles is 1. The third-order valence-corrected chi connectivity index (χ3v) is 11.5. The number of nitrogens with zero attached hydrogens (tertiary/aromatic N) is 9. The standard InChI is InChI=1S/C24H17F6N5O3.C23H17ClF6N4O3/c1-35-12-32-10-19(35)23(36,14-4-6-18(33-9-14)24(28,29)30)13-3-5-17-15(7-13)16(8-31)20(21(34-17)37-2)38-11-22(25,26)27;1-34-11-31-9-17(34)22(35,13-4-6-16(32-8-13)23(28,29)30)12-3-5-15-14(7-12)18(24)19(20(33-15)36-2)37-10-21(25,26)27/h3-7,9-10,12,36H,11H2,1-2H3;3-9,11,35H,10H2,1-2H3. The van der Waals surface area contributed by atoms with Crippen molar-refractivity contribution in [3.8, 4) is 29.3 Å². The van der Waals surface area contributed by atoms with Gasteiger partial charge in [0.25, 0.3) is 11.8 Å². The Labute approximate surface area is 419 Å². The number of pyridine rings is 4. The molecular formula is C47H34ClF12N9O6. The number of imidazole rings is 2. The highest BCUT2D eigenvalue weighted by Crippen LogP contribution is 2.45. The van der Waals surface area contributed by atoms with E-state index in [4.69, 9.17) is 30.5 Å². The number of aryl methyl sites for hydroxylation is 2. The van der Waals surface area contributed by atoms with Gasteiger partial charge in [-0.2, -0.15) is 57.9 Å². The van der Waals surface area contributed by atoms with Crippen molar-refractivity contribution in [2.24, 2.45) is 14.1 Å². The van der Waals surface area contributed by atoms with Crippen molar-refractivity contribution in [2.75, 3.05) is 27.4 Å². The van der Waals surface area contributed by atoms with Gasteiger partial charge in [-0.05, 0) is 47.5 Å². The van der Waals surface area contributed by atoms with Crippen LogP contribution in [-0.4, -0.2) is 89.0 Å². The van der Waals surface area contributed by atoms with Gasteiger partial charge >= 0.3 is 24.7 Å². The maximum Gasteiger partial charge on any atom is 0.433 e. The fraction of sp³-hybridized carbons (Fsp3) is 0.255. The number of benzene rings is 2. The van der Waals surface area contributed by atoms with Gasteiger partial charge in [0.05, 0.1) is 66.7 Å². The number of aromatic nitrogens is 8. The number of halogens is 13. The molecule has 15 nitrogen and oxygen atoms in total. The molecule has 0 saturated heterocycles. The summed E-state index contributed by atoms with van der Waals surface area (Å²) in [6, 6.07) is 13.6. The Morgan fingerprint density at radius 1 is 0.573 bits per heavy atom. The molecular weight excluding hydrogens is 1050 g/mol. The number of hydrogen-bond acceptors (Lipinski definition) is 13. The third-order valence-electron chi connectivity index (χ3n) is 11.2. The first-order valence-electron chi connectivity index (χ1n) is 21.0. The molecule has 2 N–H and O–H groups in total. The molecule has 0 aliphatic carbocycles. The van der Waals surface area contributed by atoms with Crippen LogP contribution in [0.25, 0.3) is 21.8 Å². The molecule has 0 saturated carbocycles. The number of methoxy groups -OCH3 is 2. The van der Waals surface area contributed by atoms with Crippen molar-refractivity contribution in [1.82, 2.24) is 39.0 Å². The number of alkyl halides is 12. The second-order valence-electron chi connectivity index (χ2n) is 16.0. The second kappa shape index (κ2) is 20.4. The number of fused-ring (bicyclic) bond motifs is 2. The summed E-state index contributed by atoms with van der Waals surface area (Å²) in [4.78, 5) is 23.1. The number of ether oxygens (including phenoxy) is 4. The van der Waals surface area contributed by atoms with Crippen molar-refractivity contribution < 1.29 is 81.8 Å². The lowest BCUT2D eigenvalue weighted by atomic mass is 9.83. The van der Waals surface area contributed by atoms with Crippen LogP contribution in [0.4, 0.5) is 52.7 Å². The minimum absolute atomic E-state index is 0.00318. The van der Waals surface area contributed by atoms with Crippen molar-refractivity contribution in [3.63, 3.8) is 0 Å². The summed E-state index contributed by atoms with van der Waals surface area (Å²) in [7, 11) is 5.43. The normalized spacial score (nSPS) is 13.8. The van der Waals surface area contributed by atoms with Crippen LogP contribution < -0.4 is 18.9 Å². The summed E-state index contributed by atoms with van der Waals surface area (Å²) >= 11 is 6.40. The first kappa shape index (κ1) is 54.8. The second-order valence-corrected chi connectivity index (χ2v) is 16.4. The lowest BCUT2D eigenvalue weighted by molar-refractivity contribution is -0.154. The van der Waals surface area contributed by atoms with Crippen molar-refractivity contribution >= 4 is 33.4 Å². The fourth-order valence-corrected chi connectivity index (χ4v) is 7.99. The van der Waals surface area contributed by atoms with Crippen LogP contribution in [0.5, 0.6) is 23.3 Å². The summed E-state index contributed by atoms with van der Waals surface area (Å²) in [5.41, 5.74) is -6.26. The Kier molecular flexibility index (Phi) is 14.9. The summed E-state index contributed by atoms with van der Waals surface area (Å²) in [6.07, 6.45) is -11.7. The van der Waals surface area contributed by atoms with E-state index in [9.17, 15) is 68.2 Å². The predicted octanol–water partition coefficient (Wildman–Crippen LogP) is 9.76. The van der Waals surface area contributed by atoms with Crippen LogP contribution in [0.3, 0.4) is 0 Å². The third kappa shape index (κ3) is 11.1. The molecule has 2 atom stereocenters. The van der Waals surface area contributed by atoms with Crippen LogP contribution in [0.15, 0.2) is 98.1 Å². The topological polar surface area (TPSA) is 188 Å². The van der Waals surface area contributed by atoms with Gasteiger partial charge < -0.3 is 38.3 Å². The zero-order chi connectivity index (χ0) is 55.1. The molecule has 6 aromatic heterocycles. The Morgan fingerprint density at radius 3 is 1.33 bits per heavy atom. The average Bonchev–Trinajstić information content (AvgIpc) is 4.01. The van der Waals surface area contributed by atoms with E-state index in [0.717, 1.165) is 37.7 Å². The maximum absolute atomic E-state index is 13.1. The maximum atomic E-state index is 13.1. The molecule has 2 aromatic carbocycles. The molecule has 0 aliphatic heterocycles. The lowest BCUT2D eigenvalue weighted by Gasteiger charge is -2.30. The zero-order valence-electron chi connectivity index (χ0n) is 38.6. The summed E-state index contributed by atoms with van der Waals surface area (Å²) in [6.45, 7) is -3.38. The Hall–Kier alpha value is -7.96. The number of aliphatic hydroxyl groups is 2. The van der Waals surface area contributed by atoms with Crippen LogP contribution in [0.2, 0.25) is 5.02 Å². The van der Waals surface area contributed by atoms with E-state index >= 15 is 0 Å². The number of hydrogen-bond donors (Lipinski definition) is 2. The van der Waals surface area contributed by atoms with E-state index in [1.165, 1.54) is 77.7 Å². The Morgan fingerprint density at radius 2 is 0.973 bits per heavy atom. The molecule has 8 aromatic rings. The van der Waals surface area contributed by atoms with E-state index in [1.807, 2.05) is 0 Å². The minimum atomic E-state index is -4.72. The Bertz CT molecular complexity index is 3420. The molecule has 0 aliphatic rings. The molecule has 394 valence electrons. The smallest absolute Gasteiger partial charge is 0.433 e. The largest absolute Gasteiger partial charge is 0.478 e. The molecule has 28 heteroatoms. The van der Waals surface area contributed by atoms with Crippen molar-refractivity contribution in [1.29, 1.82) is 5.26 Å². The summed E-state index contributed by atoms with van der Waals surface area (Å²) < 4.78 is 178. The molecule has 2 unspecified atom stereocenters. The first-order valence-corrected chi connectivity index (χ1v) is 21.4. The molecule has 0 radical (unpaired) electrons. The van der Waals surface area contributed by atoms with Gasteiger partial charge in [0, 0.05) is 48.4 Å². The van der Waals surface area contributed by atoms with Crippen molar-refractivity contribution in [2.45, 2.75) is 35.9 Å². The van der Waals surface area contributed by atoms with Crippen LogP contribution in [0.1, 0.15) is 50.6 Å². The van der Waals surface area contributed by atoms with E-state index in [2.05, 4.69) is 29.9 Å². The van der Waals surface area contributed by atoms with E-state index in [1.54, 1.807) is 20.2 Å². The first-order chi connectivity index (χ1) is 35.0. The van der Waals surface area contributed by atoms with Crippen LogP contribution in [0, 0.1) is 11.3 Å². The molecule has 75 heavy (non-hydrogen) atoms. The number of rotatable bonds is 12. The molecule has 0 amide bonds. The predicted molar refractivity (Wildman–Crippen MR) is 239 cm³/mol. The van der Waals surface area contributed by atoms with Gasteiger partial charge in [-0.1, -0.05) is 35.9 Å². The highest BCUT2D eigenvalue weighted by molar-refractivity contribution is 6.37. The quantitative estimate of drug-likeness (QED) is 0.110. The van der Waals surface area contributed by atoms with E-state index < -0.39 is 72.0 Å². The molecule has 0 bridgehead atoms. The summed E-state index contributed by atoms with van der Waals surface area (Å²) in [5, 5.41) is 33.6. The monoisotopic (exact) mass is 1080 g/mol. The minimum Gasteiger partial charge on any atom is -0.478 e. The van der Waals surface area contributed by atoms with Gasteiger partial charge in [0.2, 0.25) is 5.75 Å². The fourth-order valence-electron chi connectivity index (χ4n) is 7.70. The highest BCUT2D eigenvalue weighted by atomic mass is 35.5.